The third-order valence-electron chi connectivity index (χ3n) is 1.54. The van der Waals surface area contributed by atoms with Crippen molar-refractivity contribution in [1.82, 2.24) is 4.98 Å². The number of carboxylic acid groups (broad SMARTS) is 1. The topological polar surface area (TPSA) is 76.2 Å². The zero-order chi connectivity index (χ0) is 9.14. The molecule has 1 aromatic rings. The van der Waals surface area contributed by atoms with Crippen LogP contribution in [0.5, 0.6) is 0 Å². The van der Waals surface area contributed by atoms with Gasteiger partial charge >= 0.3 is 5.97 Å². The minimum absolute atomic E-state index is 0. The molecular formula is C8H11ClN2O2. The molecule has 1 aromatic heterocycles. The van der Waals surface area contributed by atoms with Crippen molar-refractivity contribution in [2.45, 2.75) is 13.5 Å². The molecule has 0 aliphatic rings. The Balaban J connectivity index is 0.00000144. The van der Waals surface area contributed by atoms with E-state index in [-0.39, 0.29) is 24.5 Å². The molecule has 0 aliphatic carbocycles. The molecule has 0 amide bonds. The zero-order valence-electron chi connectivity index (χ0n) is 7.15. The van der Waals surface area contributed by atoms with Crippen molar-refractivity contribution in [3.8, 4) is 0 Å². The number of nitrogens with zero attached hydrogens (tertiary/aromatic N) is 1. The number of carbonyl (C=O) groups is 1. The highest BCUT2D eigenvalue weighted by Crippen LogP contribution is 2.06. The minimum atomic E-state index is -0.983. The maximum atomic E-state index is 10.6. The van der Waals surface area contributed by atoms with Gasteiger partial charge in [-0.15, -0.1) is 12.4 Å². The summed E-state index contributed by atoms with van der Waals surface area (Å²) >= 11 is 0. The molecule has 5 heteroatoms. The first-order valence-electron chi connectivity index (χ1n) is 3.55. The molecule has 0 saturated heterocycles. The molecule has 72 valence electrons. The van der Waals surface area contributed by atoms with Gasteiger partial charge in [0.05, 0.1) is 11.3 Å². The first-order valence-corrected chi connectivity index (χ1v) is 3.55. The monoisotopic (exact) mass is 202 g/mol. The number of hydrogen-bond donors (Lipinski definition) is 2. The normalized spacial score (nSPS) is 9.08. The van der Waals surface area contributed by atoms with Crippen LogP contribution in [0.1, 0.15) is 21.7 Å². The lowest BCUT2D eigenvalue weighted by atomic mass is 10.2. The number of nitrogens with two attached hydrogens (primary N) is 1. The Labute approximate surface area is 82.2 Å². The molecule has 0 spiro atoms. The molecular weight excluding hydrogens is 192 g/mol. The van der Waals surface area contributed by atoms with Gasteiger partial charge in [-0.3, -0.25) is 4.98 Å². The first-order chi connectivity index (χ1) is 5.65. The van der Waals surface area contributed by atoms with Gasteiger partial charge in [0.1, 0.15) is 0 Å². The third kappa shape index (κ3) is 2.68. The number of carboxylic acids is 1. The predicted molar refractivity (Wildman–Crippen MR) is 51.1 cm³/mol. The average molecular weight is 203 g/mol. The van der Waals surface area contributed by atoms with E-state index in [4.69, 9.17) is 10.8 Å². The Kier molecular flexibility index (Phi) is 4.37. The number of aromatic carboxylic acids is 1. The molecule has 4 nitrogen and oxygen atoms in total. The number of pyridine rings is 1. The molecule has 0 radical (unpaired) electrons. The van der Waals surface area contributed by atoms with Crippen molar-refractivity contribution in [3.05, 3.63) is 29.1 Å². The highest BCUT2D eigenvalue weighted by Gasteiger charge is 2.09. The summed E-state index contributed by atoms with van der Waals surface area (Å²) in [5, 5.41) is 8.69. The van der Waals surface area contributed by atoms with Gasteiger partial charge in [0.2, 0.25) is 0 Å². The van der Waals surface area contributed by atoms with Crippen molar-refractivity contribution < 1.29 is 9.90 Å². The van der Waals surface area contributed by atoms with Gasteiger partial charge in [-0.1, -0.05) is 0 Å². The smallest absolute Gasteiger partial charge is 0.337 e. The lowest BCUT2D eigenvalue weighted by Crippen LogP contribution is -2.09. The van der Waals surface area contributed by atoms with E-state index in [2.05, 4.69) is 4.98 Å². The van der Waals surface area contributed by atoms with Crippen LogP contribution in [0.15, 0.2) is 12.1 Å². The average Bonchev–Trinajstić information content (AvgIpc) is 2.03. The van der Waals surface area contributed by atoms with E-state index in [1.807, 2.05) is 0 Å². The summed E-state index contributed by atoms with van der Waals surface area (Å²) in [5.74, 6) is -0.983. The lowest BCUT2D eigenvalue weighted by molar-refractivity contribution is 0.0695. The van der Waals surface area contributed by atoms with Gasteiger partial charge < -0.3 is 10.8 Å². The molecule has 0 aromatic carbocycles. The first kappa shape index (κ1) is 11.9. The quantitative estimate of drug-likeness (QED) is 0.749. The van der Waals surface area contributed by atoms with Crippen LogP contribution >= 0.6 is 12.4 Å². The van der Waals surface area contributed by atoms with E-state index in [9.17, 15) is 4.79 Å². The van der Waals surface area contributed by atoms with Crippen LogP contribution in [0.2, 0.25) is 0 Å². The van der Waals surface area contributed by atoms with Crippen LogP contribution in [0, 0.1) is 6.92 Å². The Morgan fingerprint density at radius 3 is 2.69 bits per heavy atom. The Bertz CT molecular complexity index is 315. The number of halogens is 1. The summed E-state index contributed by atoms with van der Waals surface area (Å²) in [4.78, 5) is 14.6. The van der Waals surface area contributed by atoms with Crippen molar-refractivity contribution in [3.63, 3.8) is 0 Å². The van der Waals surface area contributed by atoms with Crippen LogP contribution in [-0.4, -0.2) is 16.1 Å². The standard InChI is InChI=1S/C8H10N2O2.ClH/c1-5-2-3-6(8(11)12)7(4-9)10-5;/h2-3H,4,9H2,1H3,(H,11,12);1H. The van der Waals surface area contributed by atoms with E-state index < -0.39 is 5.97 Å². The number of aromatic nitrogens is 1. The maximum Gasteiger partial charge on any atom is 0.337 e. The van der Waals surface area contributed by atoms with E-state index in [0.29, 0.717) is 5.69 Å². The van der Waals surface area contributed by atoms with Gasteiger partial charge in [0.15, 0.2) is 0 Å². The van der Waals surface area contributed by atoms with E-state index in [0.717, 1.165) is 5.69 Å². The zero-order valence-corrected chi connectivity index (χ0v) is 7.97. The SMILES string of the molecule is Cc1ccc(C(=O)O)c(CN)n1.Cl. The van der Waals surface area contributed by atoms with Crippen molar-refractivity contribution in [2.24, 2.45) is 5.73 Å². The molecule has 1 rings (SSSR count). The Hall–Kier alpha value is -1.13. The van der Waals surface area contributed by atoms with E-state index >= 15 is 0 Å². The van der Waals surface area contributed by atoms with Crippen LogP contribution in [0.25, 0.3) is 0 Å². The van der Waals surface area contributed by atoms with Crippen LogP contribution < -0.4 is 5.73 Å². The second kappa shape index (κ2) is 4.79. The van der Waals surface area contributed by atoms with Crippen LogP contribution in [0.3, 0.4) is 0 Å². The summed E-state index contributed by atoms with van der Waals surface area (Å²) in [6.45, 7) is 1.95. The minimum Gasteiger partial charge on any atom is -0.478 e. The highest BCUT2D eigenvalue weighted by atomic mass is 35.5. The predicted octanol–water partition coefficient (Wildman–Crippen LogP) is 0.969. The fourth-order valence-corrected chi connectivity index (χ4v) is 0.961. The summed E-state index contributed by atoms with van der Waals surface area (Å²) < 4.78 is 0. The van der Waals surface area contributed by atoms with Crippen LogP contribution in [0.4, 0.5) is 0 Å². The van der Waals surface area contributed by atoms with Gasteiger partial charge in [-0.2, -0.15) is 0 Å². The van der Waals surface area contributed by atoms with Gasteiger partial charge in [0.25, 0.3) is 0 Å². The molecule has 0 unspecified atom stereocenters. The Morgan fingerprint density at radius 1 is 1.62 bits per heavy atom. The summed E-state index contributed by atoms with van der Waals surface area (Å²) in [6.07, 6.45) is 0. The molecule has 0 aliphatic heterocycles. The summed E-state index contributed by atoms with van der Waals surface area (Å²) in [6, 6.07) is 3.18. The van der Waals surface area contributed by atoms with Crippen molar-refractivity contribution in [2.75, 3.05) is 0 Å². The van der Waals surface area contributed by atoms with E-state index in [1.54, 1.807) is 13.0 Å². The van der Waals surface area contributed by atoms with Crippen molar-refractivity contribution in [1.29, 1.82) is 0 Å². The van der Waals surface area contributed by atoms with Gasteiger partial charge in [-0.25, -0.2) is 4.79 Å². The fourth-order valence-electron chi connectivity index (χ4n) is 0.961. The molecule has 0 atom stereocenters. The van der Waals surface area contributed by atoms with Crippen LogP contribution in [-0.2, 0) is 6.54 Å². The third-order valence-corrected chi connectivity index (χ3v) is 1.54. The summed E-state index contributed by atoms with van der Waals surface area (Å²) in [7, 11) is 0. The molecule has 3 N–H and O–H groups in total. The van der Waals surface area contributed by atoms with E-state index in [1.165, 1.54) is 6.07 Å². The molecule has 0 fully saturated rings. The largest absolute Gasteiger partial charge is 0.478 e. The van der Waals surface area contributed by atoms with Gasteiger partial charge in [-0.05, 0) is 19.1 Å². The lowest BCUT2D eigenvalue weighted by Gasteiger charge is -2.02. The molecule has 13 heavy (non-hydrogen) atoms. The maximum absolute atomic E-state index is 10.6. The fraction of sp³-hybridized carbons (Fsp3) is 0.250. The second-order valence-electron chi connectivity index (χ2n) is 2.46. The number of aryl methyl sites for hydroxylation is 1. The molecule has 0 saturated carbocycles. The molecule has 1 heterocycles. The second-order valence-corrected chi connectivity index (χ2v) is 2.46. The number of hydrogen-bond acceptors (Lipinski definition) is 3. The van der Waals surface area contributed by atoms with Gasteiger partial charge in [0, 0.05) is 12.2 Å². The van der Waals surface area contributed by atoms with Crippen molar-refractivity contribution >= 4 is 18.4 Å². The Morgan fingerprint density at radius 2 is 2.23 bits per heavy atom. The molecule has 0 bridgehead atoms. The highest BCUT2D eigenvalue weighted by molar-refractivity contribution is 5.88. The number of rotatable bonds is 2. The summed E-state index contributed by atoms with van der Waals surface area (Å²) in [5.41, 5.74) is 6.73.